The first-order valence-corrected chi connectivity index (χ1v) is 7.41. The zero-order chi connectivity index (χ0) is 14.1. The summed E-state index contributed by atoms with van der Waals surface area (Å²) in [6.45, 7) is 3.32. The van der Waals surface area contributed by atoms with Crippen LogP contribution in [-0.2, 0) is 4.79 Å². The molecule has 110 valence electrons. The lowest BCUT2D eigenvalue weighted by atomic mass is 9.94. The molecule has 1 saturated carbocycles. The molecule has 5 nitrogen and oxygen atoms in total. The van der Waals surface area contributed by atoms with E-state index in [2.05, 4.69) is 5.32 Å². The number of hydrogen-bond donors (Lipinski definition) is 2. The molecule has 1 aliphatic carbocycles. The molecule has 1 fully saturated rings. The highest BCUT2D eigenvalue weighted by atomic mass is 16.4. The molecule has 0 unspecified atom stereocenters. The molecule has 5 heteroatoms. The molecule has 0 heterocycles. The Bertz CT molecular complexity index is 288. The molecule has 1 rings (SSSR count). The number of rotatable bonds is 7. The van der Waals surface area contributed by atoms with E-state index in [0.717, 1.165) is 25.8 Å². The summed E-state index contributed by atoms with van der Waals surface area (Å²) < 4.78 is 0. The van der Waals surface area contributed by atoms with Crippen LogP contribution in [-0.4, -0.2) is 41.1 Å². The molecule has 1 aliphatic rings. The molecular weight excluding hydrogens is 244 g/mol. The number of aliphatic carboxylic acids is 1. The second-order valence-corrected chi connectivity index (χ2v) is 5.16. The van der Waals surface area contributed by atoms with Gasteiger partial charge >= 0.3 is 12.0 Å². The van der Waals surface area contributed by atoms with Gasteiger partial charge in [0, 0.05) is 25.6 Å². The number of nitrogens with one attached hydrogen (secondary N) is 1. The highest BCUT2D eigenvalue weighted by Crippen LogP contribution is 2.22. The van der Waals surface area contributed by atoms with Gasteiger partial charge in [0.05, 0.1) is 0 Å². The van der Waals surface area contributed by atoms with Crippen molar-refractivity contribution in [3.8, 4) is 0 Å². The van der Waals surface area contributed by atoms with E-state index in [1.54, 1.807) is 0 Å². The van der Waals surface area contributed by atoms with Crippen LogP contribution in [0.1, 0.15) is 58.3 Å². The maximum absolute atomic E-state index is 12.1. The van der Waals surface area contributed by atoms with Crippen LogP contribution >= 0.6 is 0 Å². The van der Waals surface area contributed by atoms with Gasteiger partial charge in [0.2, 0.25) is 0 Å². The first-order valence-electron chi connectivity index (χ1n) is 7.41. The van der Waals surface area contributed by atoms with E-state index in [1.165, 1.54) is 19.3 Å². The first kappa shape index (κ1) is 15.8. The maximum Gasteiger partial charge on any atom is 0.317 e. The Hall–Kier alpha value is -1.26. The lowest BCUT2D eigenvalue weighted by molar-refractivity contribution is -0.137. The van der Waals surface area contributed by atoms with E-state index in [4.69, 9.17) is 5.11 Å². The van der Waals surface area contributed by atoms with E-state index in [9.17, 15) is 9.59 Å². The Morgan fingerprint density at radius 3 is 2.47 bits per heavy atom. The van der Waals surface area contributed by atoms with E-state index >= 15 is 0 Å². The standard InChI is InChI=1S/C14H26N2O3/c1-2-16(12-8-4-3-5-9-12)14(19)15-11-7-6-10-13(17)18/h12H,2-11H2,1H3,(H,15,19)(H,17,18). The minimum absolute atomic E-state index is 0.00438. The van der Waals surface area contributed by atoms with Crippen molar-refractivity contribution in [1.29, 1.82) is 0 Å². The Kier molecular flexibility index (Phi) is 7.30. The zero-order valence-corrected chi connectivity index (χ0v) is 11.9. The van der Waals surface area contributed by atoms with Crippen molar-refractivity contribution in [2.75, 3.05) is 13.1 Å². The molecule has 2 N–H and O–H groups in total. The number of carboxylic acids is 1. The van der Waals surface area contributed by atoms with Gasteiger partial charge in [0.25, 0.3) is 0 Å². The van der Waals surface area contributed by atoms with Gasteiger partial charge in [-0.3, -0.25) is 4.79 Å². The van der Waals surface area contributed by atoms with Crippen molar-refractivity contribution in [2.45, 2.75) is 64.3 Å². The number of nitrogens with zero attached hydrogens (tertiary/aromatic N) is 1. The van der Waals surface area contributed by atoms with E-state index < -0.39 is 5.97 Å². The smallest absolute Gasteiger partial charge is 0.317 e. The van der Waals surface area contributed by atoms with Crippen LogP contribution in [0.3, 0.4) is 0 Å². The first-order chi connectivity index (χ1) is 9.15. The largest absolute Gasteiger partial charge is 0.481 e. The Balaban J connectivity index is 2.23. The molecule has 0 saturated heterocycles. The van der Waals surface area contributed by atoms with Crippen molar-refractivity contribution in [1.82, 2.24) is 10.2 Å². The van der Waals surface area contributed by atoms with Gasteiger partial charge in [-0.2, -0.15) is 0 Å². The molecule has 0 aromatic heterocycles. The fourth-order valence-corrected chi connectivity index (χ4v) is 2.66. The van der Waals surface area contributed by atoms with Crippen LogP contribution < -0.4 is 5.32 Å². The molecular formula is C14H26N2O3. The summed E-state index contributed by atoms with van der Waals surface area (Å²) in [5, 5.41) is 11.4. The molecule has 0 aromatic rings. The summed E-state index contributed by atoms with van der Waals surface area (Å²) in [4.78, 5) is 24.4. The lowest BCUT2D eigenvalue weighted by Crippen LogP contribution is -2.47. The third kappa shape index (κ3) is 5.94. The average Bonchev–Trinajstić information content (AvgIpc) is 2.40. The third-order valence-electron chi connectivity index (χ3n) is 3.71. The van der Waals surface area contributed by atoms with Crippen molar-refractivity contribution < 1.29 is 14.7 Å². The fourth-order valence-electron chi connectivity index (χ4n) is 2.66. The Labute approximate surface area is 115 Å². The van der Waals surface area contributed by atoms with Crippen LogP contribution in [0.25, 0.3) is 0 Å². The third-order valence-corrected chi connectivity index (χ3v) is 3.71. The van der Waals surface area contributed by atoms with E-state index in [1.807, 2.05) is 11.8 Å². The van der Waals surface area contributed by atoms with Crippen LogP contribution in [0.2, 0.25) is 0 Å². The van der Waals surface area contributed by atoms with Crippen LogP contribution in [0.5, 0.6) is 0 Å². The van der Waals surface area contributed by atoms with Gasteiger partial charge in [-0.1, -0.05) is 19.3 Å². The van der Waals surface area contributed by atoms with Crippen LogP contribution in [0.15, 0.2) is 0 Å². The molecule has 19 heavy (non-hydrogen) atoms. The molecule has 0 aromatic carbocycles. The van der Waals surface area contributed by atoms with Gasteiger partial charge in [-0.15, -0.1) is 0 Å². The Morgan fingerprint density at radius 1 is 1.21 bits per heavy atom. The van der Waals surface area contributed by atoms with Gasteiger partial charge in [0.15, 0.2) is 0 Å². The topological polar surface area (TPSA) is 69.6 Å². The average molecular weight is 270 g/mol. The zero-order valence-electron chi connectivity index (χ0n) is 11.9. The fraction of sp³-hybridized carbons (Fsp3) is 0.857. The number of carbonyl (C=O) groups excluding carboxylic acids is 1. The van der Waals surface area contributed by atoms with Crippen molar-refractivity contribution in [3.63, 3.8) is 0 Å². The summed E-state index contributed by atoms with van der Waals surface area (Å²) >= 11 is 0. The second-order valence-electron chi connectivity index (χ2n) is 5.16. The van der Waals surface area contributed by atoms with Gasteiger partial charge in [-0.25, -0.2) is 4.79 Å². The van der Waals surface area contributed by atoms with E-state index in [-0.39, 0.29) is 12.5 Å². The monoisotopic (exact) mass is 270 g/mol. The highest BCUT2D eigenvalue weighted by Gasteiger charge is 2.23. The predicted octanol–water partition coefficient (Wildman–Crippen LogP) is 2.61. The number of unbranched alkanes of at least 4 members (excludes halogenated alkanes) is 1. The second kappa shape index (κ2) is 8.77. The number of amides is 2. The van der Waals surface area contributed by atoms with Crippen molar-refractivity contribution >= 4 is 12.0 Å². The summed E-state index contributed by atoms with van der Waals surface area (Å²) in [5.74, 6) is -0.774. The van der Waals surface area contributed by atoms with Gasteiger partial charge < -0.3 is 15.3 Å². The van der Waals surface area contributed by atoms with Crippen LogP contribution in [0.4, 0.5) is 4.79 Å². The number of carboxylic acid groups (broad SMARTS) is 1. The molecule has 0 aliphatic heterocycles. The minimum Gasteiger partial charge on any atom is -0.481 e. The molecule has 0 radical (unpaired) electrons. The molecule has 0 spiro atoms. The predicted molar refractivity (Wildman–Crippen MR) is 74.1 cm³/mol. The number of carbonyl (C=O) groups is 2. The van der Waals surface area contributed by atoms with Crippen molar-refractivity contribution in [2.24, 2.45) is 0 Å². The summed E-state index contributed by atoms with van der Waals surface area (Å²) in [6.07, 6.45) is 7.45. The van der Waals surface area contributed by atoms with Crippen molar-refractivity contribution in [3.05, 3.63) is 0 Å². The molecule has 0 atom stereocenters. The number of hydrogen-bond acceptors (Lipinski definition) is 2. The summed E-state index contributed by atoms with van der Waals surface area (Å²) in [5.41, 5.74) is 0. The normalized spacial score (nSPS) is 16.1. The van der Waals surface area contributed by atoms with E-state index in [0.29, 0.717) is 19.0 Å². The van der Waals surface area contributed by atoms with Crippen LogP contribution in [0, 0.1) is 0 Å². The molecule has 0 bridgehead atoms. The molecule has 2 amide bonds. The van der Waals surface area contributed by atoms with Gasteiger partial charge in [-0.05, 0) is 32.6 Å². The SMILES string of the molecule is CCN(C(=O)NCCCCC(=O)O)C1CCCCC1. The highest BCUT2D eigenvalue weighted by molar-refractivity contribution is 5.74. The summed E-state index contributed by atoms with van der Waals surface area (Å²) in [7, 11) is 0. The summed E-state index contributed by atoms with van der Waals surface area (Å²) in [6, 6.07) is 0.391. The van der Waals surface area contributed by atoms with Gasteiger partial charge in [0.1, 0.15) is 0 Å². The lowest BCUT2D eigenvalue weighted by Gasteiger charge is -2.33. The maximum atomic E-state index is 12.1. The Morgan fingerprint density at radius 2 is 1.89 bits per heavy atom. The quantitative estimate of drug-likeness (QED) is 0.699. The minimum atomic E-state index is -0.774. The number of urea groups is 1.